The van der Waals surface area contributed by atoms with Crippen LogP contribution in [-0.4, -0.2) is 49.3 Å². The van der Waals surface area contributed by atoms with Crippen LogP contribution in [0.4, 0.5) is 0 Å². The summed E-state index contributed by atoms with van der Waals surface area (Å²) in [7, 11) is 0. The van der Waals surface area contributed by atoms with Gasteiger partial charge in [-0.25, -0.2) is 4.98 Å². The zero-order valence-electron chi connectivity index (χ0n) is 16.8. The Balaban J connectivity index is 1.36. The van der Waals surface area contributed by atoms with E-state index in [-0.39, 0.29) is 6.10 Å². The Morgan fingerprint density at radius 1 is 1.00 bits per heavy atom. The second-order valence-electron chi connectivity index (χ2n) is 7.76. The molecule has 0 amide bonds. The summed E-state index contributed by atoms with van der Waals surface area (Å²) in [6, 6.07) is 11.9. The number of rotatable bonds is 4. The van der Waals surface area contributed by atoms with Gasteiger partial charge in [0, 0.05) is 18.0 Å². The molecule has 1 saturated heterocycles. The van der Waals surface area contributed by atoms with Crippen LogP contribution in [0.25, 0.3) is 44.7 Å². The molecule has 0 atom stereocenters. The zero-order valence-corrected chi connectivity index (χ0v) is 16.8. The Morgan fingerprint density at radius 3 is 2.84 bits per heavy atom. The van der Waals surface area contributed by atoms with E-state index in [1.54, 1.807) is 12.4 Å². The minimum absolute atomic E-state index is 0.227. The molecular formula is C23H21N7O. The van der Waals surface area contributed by atoms with E-state index < -0.39 is 0 Å². The number of fused-ring (bicyclic) bond motifs is 2. The van der Waals surface area contributed by atoms with Gasteiger partial charge >= 0.3 is 0 Å². The Kier molecular flexibility index (Phi) is 4.35. The molecule has 6 rings (SSSR count). The summed E-state index contributed by atoms with van der Waals surface area (Å²) < 4.78 is 6.16. The van der Waals surface area contributed by atoms with E-state index in [2.05, 4.69) is 30.5 Å². The van der Waals surface area contributed by atoms with Crippen molar-refractivity contribution in [3.05, 3.63) is 55.0 Å². The molecule has 0 spiro atoms. The van der Waals surface area contributed by atoms with Crippen LogP contribution in [-0.2, 0) is 0 Å². The molecule has 1 aliphatic rings. The standard InChI is InChI=1S/C23H21N7O/c1-2-18-20(26-7-1)11-21(27-18)23-22-19(29-30-23)4-3-17(28-22)14-10-16(13-25-12-14)31-15-5-8-24-9-6-15/h1-4,7,10-13,15,24,27H,5-6,8-9H2,(H,29,30). The van der Waals surface area contributed by atoms with Crippen LogP contribution in [0, 0.1) is 0 Å². The fraction of sp³-hybridized carbons (Fsp3) is 0.217. The average Bonchev–Trinajstić information content (AvgIpc) is 3.43. The fourth-order valence-electron chi connectivity index (χ4n) is 4.06. The first-order valence-electron chi connectivity index (χ1n) is 10.5. The van der Waals surface area contributed by atoms with Crippen molar-refractivity contribution in [1.82, 2.24) is 35.5 Å². The molecule has 1 aliphatic heterocycles. The maximum Gasteiger partial charge on any atom is 0.138 e. The van der Waals surface area contributed by atoms with Crippen LogP contribution in [0.1, 0.15) is 12.8 Å². The van der Waals surface area contributed by atoms with Crippen LogP contribution < -0.4 is 10.1 Å². The lowest BCUT2D eigenvalue weighted by molar-refractivity contribution is 0.162. The summed E-state index contributed by atoms with van der Waals surface area (Å²) in [5.41, 5.74) is 6.93. The lowest BCUT2D eigenvalue weighted by Gasteiger charge is -2.23. The van der Waals surface area contributed by atoms with Crippen molar-refractivity contribution in [2.24, 2.45) is 0 Å². The number of aromatic nitrogens is 6. The summed E-state index contributed by atoms with van der Waals surface area (Å²) in [5.74, 6) is 0.778. The van der Waals surface area contributed by atoms with Gasteiger partial charge in [-0.3, -0.25) is 15.1 Å². The molecule has 31 heavy (non-hydrogen) atoms. The molecule has 6 heterocycles. The number of nitrogens with one attached hydrogen (secondary N) is 3. The lowest BCUT2D eigenvalue weighted by Crippen LogP contribution is -2.34. The van der Waals surface area contributed by atoms with Gasteiger partial charge in [0.1, 0.15) is 23.1 Å². The summed E-state index contributed by atoms with van der Waals surface area (Å²) in [6.07, 6.45) is 7.61. The molecule has 0 saturated carbocycles. The molecular weight excluding hydrogens is 390 g/mol. The van der Waals surface area contributed by atoms with Crippen LogP contribution in [0.5, 0.6) is 5.75 Å². The zero-order chi connectivity index (χ0) is 20.6. The first-order valence-corrected chi connectivity index (χ1v) is 10.5. The summed E-state index contributed by atoms with van der Waals surface area (Å²) in [5, 5.41) is 10.9. The second kappa shape index (κ2) is 7.48. The van der Waals surface area contributed by atoms with Crippen molar-refractivity contribution >= 4 is 22.1 Å². The van der Waals surface area contributed by atoms with Gasteiger partial charge in [0.2, 0.25) is 0 Å². The minimum Gasteiger partial charge on any atom is -0.489 e. The Bertz CT molecular complexity index is 1330. The van der Waals surface area contributed by atoms with E-state index >= 15 is 0 Å². The van der Waals surface area contributed by atoms with Crippen LogP contribution in [0.3, 0.4) is 0 Å². The largest absolute Gasteiger partial charge is 0.489 e. The molecule has 0 aromatic carbocycles. The number of hydrogen-bond acceptors (Lipinski definition) is 6. The van der Waals surface area contributed by atoms with E-state index in [0.29, 0.717) is 0 Å². The first-order chi connectivity index (χ1) is 15.3. The van der Waals surface area contributed by atoms with Crippen molar-refractivity contribution < 1.29 is 4.74 Å². The Hall–Kier alpha value is -3.78. The summed E-state index contributed by atoms with van der Waals surface area (Å²) in [4.78, 5) is 17.1. The average molecular weight is 411 g/mol. The summed E-state index contributed by atoms with van der Waals surface area (Å²) in [6.45, 7) is 1.98. The smallest absolute Gasteiger partial charge is 0.138 e. The number of nitrogens with zero attached hydrogens (tertiary/aromatic N) is 4. The highest BCUT2D eigenvalue weighted by atomic mass is 16.5. The molecule has 5 aromatic heterocycles. The minimum atomic E-state index is 0.227. The quantitative estimate of drug-likeness (QED) is 0.417. The number of piperidine rings is 1. The highest BCUT2D eigenvalue weighted by molar-refractivity contribution is 5.93. The molecule has 8 nitrogen and oxygen atoms in total. The van der Waals surface area contributed by atoms with E-state index in [9.17, 15) is 0 Å². The molecule has 0 radical (unpaired) electrons. The molecule has 0 unspecified atom stereocenters. The van der Waals surface area contributed by atoms with Crippen LogP contribution in [0.15, 0.2) is 55.0 Å². The van der Waals surface area contributed by atoms with E-state index in [0.717, 1.165) is 76.4 Å². The molecule has 8 heteroatoms. The third-order valence-electron chi connectivity index (χ3n) is 5.65. The fourth-order valence-corrected chi connectivity index (χ4v) is 4.06. The highest BCUT2D eigenvalue weighted by Crippen LogP contribution is 2.30. The van der Waals surface area contributed by atoms with Gasteiger partial charge < -0.3 is 15.0 Å². The number of pyridine rings is 3. The van der Waals surface area contributed by atoms with Crippen molar-refractivity contribution in [3.63, 3.8) is 0 Å². The van der Waals surface area contributed by atoms with Crippen molar-refractivity contribution in [3.8, 4) is 28.4 Å². The maximum atomic E-state index is 6.16. The van der Waals surface area contributed by atoms with Gasteiger partial charge in [0.25, 0.3) is 0 Å². The third-order valence-corrected chi connectivity index (χ3v) is 5.65. The van der Waals surface area contributed by atoms with Gasteiger partial charge in [-0.2, -0.15) is 5.10 Å². The maximum absolute atomic E-state index is 6.16. The monoisotopic (exact) mass is 411 g/mol. The van der Waals surface area contributed by atoms with Gasteiger partial charge in [-0.1, -0.05) is 0 Å². The van der Waals surface area contributed by atoms with Crippen LogP contribution >= 0.6 is 0 Å². The third kappa shape index (κ3) is 3.40. The van der Waals surface area contributed by atoms with E-state index in [1.165, 1.54) is 0 Å². The highest BCUT2D eigenvalue weighted by Gasteiger charge is 2.16. The van der Waals surface area contributed by atoms with Gasteiger partial charge in [0.05, 0.1) is 34.1 Å². The van der Waals surface area contributed by atoms with Crippen molar-refractivity contribution in [2.45, 2.75) is 18.9 Å². The first kappa shape index (κ1) is 18.0. The predicted molar refractivity (Wildman–Crippen MR) is 119 cm³/mol. The number of aromatic amines is 2. The van der Waals surface area contributed by atoms with Gasteiger partial charge in [-0.15, -0.1) is 0 Å². The Morgan fingerprint density at radius 2 is 1.94 bits per heavy atom. The summed E-state index contributed by atoms with van der Waals surface area (Å²) >= 11 is 0. The normalized spacial score (nSPS) is 15.0. The molecule has 0 aliphatic carbocycles. The lowest BCUT2D eigenvalue weighted by atomic mass is 10.1. The number of ether oxygens (including phenoxy) is 1. The van der Waals surface area contributed by atoms with Crippen molar-refractivity contribution in [2.75, 3.05) is 13.1 Å². The van der Waals surface area contributed by atoms with E-state index in [1.807, 2.05) is 42.6 Å². The SMILES string of the molecule is c1cnc2cc(-c3n[nH]c4ccc(-c5cncc(OC6CCNCC6)c5)nc34)[nH]c2c1. The second-order valence-corrected chi connectivity index (χ2v) is 7.76. The number of H-pyrrole nitrogens is 2. The molecule has 3 N–H and O–H groups in total. The molecule has 154 valence electrons. The van der Waals surface area contributed by atoms with Gasteiger partial charge in [0.15, 0.2) is 0 Å². The van der Waals surface area contributed by atoms with Crippen molar-refractivity contribution in [1.29, 1.82) is 0 Å². The topological polar surface area (TPSA) is 104 Å². The molecule has 1 fully saturated rings. The molecule has 5 aromatic rings. The van der Waals surface area contributed by atoms with E-state index in [4.69, 9.17) is 9.72 Å². The predicted octanol–water partition coefficient (Wildman–Crippen LogP) is 3.69. The number of hydrogen-bond donors (Lipinski definition) is 3. The molecule has 0 bridgehead atoms. The Labute approximate surface area is 178 Å². The van der Waals surface area contributed by atoms with Crippen LogP contribution in [0.2, 0.25) is 0 Å². The van der Waals surface area contributed by atoms with Gasteiger partial charge in [-0.05, 0) is 62.3 Å².